The predicted molar refractivity (Wildman–Crippen MR) is 114 cm³/mol. The quantitative estimate of drug-likeness (QED) is 0.453. The van der Waals surface area contributed by atoms with Crippen LogP contribution in [0, 0.1) is 0 Å². The van der Waals surface area contributed by atoms with Crippen molar-refractivity contribution in [2.24, 2.45) is 0 Å². The number of rotatable bonds is 6. The molecule has 0 unspecified atom stereocenters. The summed E-state index contributed by atoms with van der Waals surface area (Å²) in [6, 6.07) is 17.2. The monoisotopic (exact) mass is 406 g/mol. The molecule has 6 nitrogen and oxygen atoms in total. The van der Waals surface area contributed by atoms with E-state index >= 15 is 0 Å². The van der Waals surface area contributed by atoms with E-state index in [1.165, 1.54) is 0 Å². The third-order valence-corrected chi connectivity index (χ3v) is 4.67. The van der Waals surface area contributed by atoms with Gasteiger partial charge >= 0.3 is 5.97 Å². The summed E-state index contributed by atoms with van der Waals surface area (Å²) in [5.74, 6) is 0.221. The number of anilines is 2. The standard InChI is InChI=1S/C22H19ClN4O2/c1-2-29-21(28)14-27-12-10-18-17(7-4-8-20(18)27)19-9-11-24-22(26-19)25-16-6-3-5-15(23)13-16/h3-13H,2,14H2,1H3,(H,24,25,26). The minimum atomic E-state index is -0.259. The second-order valence-electron chi connectivity index (χ2n) is 6.39. The normalized spacial score (nSPS) is 10.8. The summed E-state index contributed by atoms with van der Waals surface area (Å²) in [6.45, 7) is 2.34. The highest BCUT2D eigenvalue weighted by atomic mass is 35.5. The molecule has 0 saturated heterocycles. The lowest BCUT2D eigenvalue weighted by Crippen LogP contribution is -2.12. The molecule has 4 aromatic rings. The van der Waals surface area contributed by atoms with Gasteiger partial charge in [-0.2, -0.15) is 0 Å². The van der Waals surface area contributed by atoms with Gasteiger partial charge in [0.05, 0.1) is 12.3 Å². The highest BCUT2D eigenvalue weighted by Crippen LogP contribution is 2.29. The molecule has 2 aromatic carbocycles. The number of fused-ring (bicyclic) bond motifs is 1. The minimum absolute atomic E-state index is 0.173. The van der Waals surface area contributed by atoms with E-state index in [2.05, 4.69) is 15.3 Å². The zero-order valence-electron chi connectivity index (χ0n) is 15.8. The second kappa shape index (κ2) is 8.32. The molecule has 0 radical (unpaired) electrons. The third kappa shape index (κ3) is 4.22. The smallest absolute Gasteiger partial charge is 0.325 e. The highest BCUT2D eigenvalue weighted by molar-refractivity contribution is 6.30. The Balaban J connectivity index is 1.66. The molecule has 2 heterocycles. The largest absolute Gasteiger partial charge is 0.465 e. The van der Waals surface area contributed by atoms with E-state index in [1.807, 2.05) is 65.4 Å². The molecular formula is C22H19ClN4O2. The van der Waals surface area contributed by atoms with Crippen LogP contribution in [-0.4, -0.2) is 27.1 Å². The average Bonchev–Trinajstić information content (AvgIpc) is 3.11. The number of benzene rings is 2. The van der Waals surface area contributed by atoms with E-state index in [0.717, 1.165) is 27.8 Å². The van der Waals surface area contributed by atoms with Crippen LogP contribution >= 0.6 is 11.6 Å². The van der Waals surface area contributed by atoms with E-state index in [9.17, 15) is 4.79 Å². The van der Waals surface area contributed by atoms with Gasteiger partial charge in [-0.1, -0.05) is 29.8 Å². The topological polar surface area (TPSA) is 69.0 Å². The van der Waals surface area contributed by atoms with E-state index < -0.39 is 0 Å². The maximum atomic E-state index is 11.9. The van der Waals surface area contributed by atoms with E-state index in [0.29, 0.717) is 17.6 Å². The summed E-state index contributed by atoms with van der Waals surface area (Å²) in [4.78, 5) is 20.8. The number of ether oxygens (including phenoxy) is 1. The Morgan fingerprint density at radius 3 is 2.86 bits per heavy atom. The molecule has 1 N–H and O–H groups in total. The molecule has 146 valence electrons. The summed E-state index contributed by atoms with van der Waals surface area (Å²) in [6.07, 6.45) is 3.60. The lowest BCUT2D eigenvalue weighted by molar-refractivity contribution is -0.143. The number of esters is 1. The number of nitrogens with one attached hydrogen (secondary N) is 1. The van der Waals surface area contributed by atoms with Crippen molar-refractivity contribution in [2.45, 2.75) is 13.5 Å². The van der Waals surface area contributed by atoms with Crippen LogP contribution in [0.1, 0.15) is 6.92 Å². The van der Waals surface area contributed by atoms with Gasteiger partial charge in [-0.3, -0.25) is 4.79 Å². The zero-order chi connectivity index (χ0) is 20.2. The van der Waals surface area contributed by atoms with Crippen LogP contribution in [0.5, 0.6) is 0 Å². The molecule has 2 aromatic heterocycles. The number of hydrogen-bond acceptors (Lipinski definition) is 5. The SMILES string of the molecule is CCOC(=O)Cn1ccc2c(-c3ccnc(Nc4cccc(Cl)c4)n3)cccc21. The molecular weight excluding hydrogens is 388 g/mol. The first-order valence-corrected chi connectivity index (χ1v) is 9.61. The van der Waals surface area contributed by atoms with Crippen molar-refractivity contribution < 1.29 is 9.53 Å². The Labute approximate surface area is 173 Å². The van der Waals surface area contributed by atoms with Crippen LogP contribution in [0.4, 0.5) is 11.6 Å². The molecule has 0 aliphatic heterocycles. The number of aromatic nitrogens is 3. The van der Waals surface area contributed by atoms with Crippen molar-refractivity contribution >= 4 is 40.1 Å². The first kappa shape index (κ1) is 19.0. The van der Waals surface area contributed by atoms with Crippen molar-refractivity contribution in [1.82, 2.24) is 14.5 Å². The Morgan fingerprint density at radius 1 is 1.17 bits per heavy atom. The fourth-order valence-corrected chi connectivity index (χ4v) is 3.38. The van der Waals surface area contributed by atoms with Crippen molar-refractivity contribution in [2.75, 3.05) is 11.9 Å². The Hall–Kier alpha value is -3.38. The predicted octanol–water partition coefficient (Wildman–Crippen LogP) is 5.06. The Bertz CT molecular complexity index is 1170. The van der Waals surface area contributed by atoms with Gasteiger partial charge in [0.25, 0.3) is 0 Å². The minimum Gasteiger partial charge on any atom is -0.465 e. The van der Waals surface area contributed by atoms with Crippen molar-refractivity contribution in [3.63, 3.8) is 0 Å². The Morgan fingerprint density at radius 2 is 2.03 bits per heavy atom. The molecule has 0 spiro atoms. The fraction of sp³-hybridized carbons (Fsp3) is 0.136. The molecule has 0 amide bonds. The van der Waals surface area contributed by atoms with Gasteiger partial charge in [0.15, 0.2) is 0 Å². The maximum Gasteiger partial charge on any atom is 0.325 e. The summed E-state index contributed by atoms with van der Waals surface area (Å²) in [5.41, 5.74) is 3.50. The molecule has 0 saturated carbocycles. The number of halogens is 1. The van der Waals surface area contributed by atoms with Crippen LogP contribution in [0.2, 0.25) is 5.02 Å². The number of carbonyl (C=O) groups excluding carboxylic acids is 1. The van der Waals surface area contributed by atoms with Gasteiger partial charge in [0, 0.05) is 39.6 Å². The van der Waals surface area contributed by atoms with Crippen LogP contribution in [0.3, 0.4) is 0 Å². The number of carbonyl (C=O) groups is 1. The van der Waals surface area contributed by atoms with Crippen LogP contribution < -0.4 is 5.32 Å². The Kier molecular flexibility index (Phi) is 5.44. The fourth-order valence-electron chi connectivity index (χ4n) is 3.19. The van der Waals surface area contributed by atoms with Crippen molar-refractivity contribution in [1.29, 1.82) is 0 Å². The molecule has 0 bridgehead atoms. The summed E-state index contributed by atoms with van der Waals surface area (Å²) < 4.78 is 6.94. The van der Waals surface area contributed by atoms with Crippen LogP contribution in [0.15, 0.2) is 67.0 Å². The number of hydrogen-bond donors (Lipinski definition) is 1. The summed E-state index contributed by atoms with van der Waals surface area (Å²) >= 11 is 6.05. The number of nitrogens with zero attached hydrogens (tertiary/aromatic N) is 3. The molecule has 0 atom stereocenters. The summed E-state index contributed by atoms with van der Waals surface area (Å²) in [7, 11) is 0. The van der Waals surface area contributed by atoms with Gasteiger partial charge < -0.3 is 14.6 Å². The molecule has 0 aliphatic rings. The molecule has 29 heavy (non-hydrogen) atoms. The molecule has 0 fully saturated rings. The maximum absolute atomic E-state index is 11.9. The average molecular weight is 407 g/mol. The van der Waals surface area contributed by atoms with Crippen molar-refractivity contribution in [3.8, 4) is 11.3 Å². The molecule has 4 rings (SSSR count). The van der Waals surface area contributed by atoms with E-state index in [-0.39, 0.29) is 12.5 Å². The van der Waals surface area contributed by atoms with Crippen LogP contribution in [-0.2, 0) is 16.1 Å². The molecule has 0 aliphatic carbocycles. The van der Waals surface area contributed by atoms with Gasteiger partial charge in [-0.05, 0) is 43.3 Å². The zero-order valence-corrected chi connectivity index (χ0v) is 16.6. The van der Waals surface area contributed by atoms with E-state index in [4.69, 9.17) is 16.3 Å². The lowest BCUT2D eigenvalue weighted by Gasteiger charge is -2.09. The lowest BCUT2D eigenvalue weighted by atomic mass is 10.1. The first-order valence-electron chi connectivity index (χ1n) is 9.23. The third-order valence-electron chi connectivity index (χ3n) is 4.43. The van der Waals surface area contributed by atoms with Gasteiger partial charge in [0.1, 0.15) is 6.54 Å². The van der Waals surface area contributed by atoms with Crippen LogP contribution in [0.25, 0.3) is 22.2 Å². The molecule has 7 heteroatoms. The van der Waals surface area contributed by atoms with Gasteiger partial charge in [0.2, 0.25) is 5.95 Å². The first-order chi connectivity index (χ1) is 14.1. The highest BCUT2D eigenvalue weighted by Gasteiger charge is 2.12. The second-order valence-corrected chi connectivity index (χ2v) is 6.82. The van der Waals surface area contributed by atoms with Crippen molar-refractivity contribution in [3.05, 3.63) is 72.0 Å². The van der Waals surface area contributed by atoms with E-state index in [1.54, 1.807) is 13.1 Å². The van der Waals surface area contributed by atoms with Gasteiger partial charge in [-0.25, -0.2) is 9.97 Å². The van der Waals surface area contributed by atoms with Gasteiger partial charge in [-0.15, -0.1) is 0 Å². The summed E-state index contributed by atoms with van der Waals surface area (Å²) in [5, 5.41) is 4.82.